The highest BCUT2D eigenvalue weighted by Gasteiger charge is 2.18. The van der Waals surface area contributed by atoms with Gasteiger partial charge >= 0.3 is 0 Å². The van der Waals surface area contributed by atoms with Gasteiger partial charge in [0.05, 0.1) is 18.8 Å². The summed E-state index contributed by atoms with van der Waals surface area (Å²) in [6.07, 6.45) is 91.3. The maximum Gasteiger partial charge on any atom is 0.220 e. The monoisotopic (exact) mass is 970 g/mol. The van der Waals surface area contributed by atoms with Gasteiger partial charge in [0.2, 0.25) is 5.91 Å². The van der Waals surface area contributed by atoms with E-state index in [4.69, 9.17) is 0 Å². The summed E-state index contributed by atoms with van der Waals surface area (Å²) in [6.45, 7) is 4.19. The molecule has 0 saturated heterocycles. The molecule has 4 nitrogen and oxygen atoms in total. The highest BCUT2D eigenvalue weighted by atomic mass is 16.3. The van der Waals surface area contributed by atoms with E-state index in [9.17, 15) is 15.0 Å². The summed E-state index contributed by atoms with van der Waals surface area (Å²) in [4.78, 5) is 12.5. The Morgan fingerprint density at radius 1 is 0.357 bits per heavy atom. The average Bonchev–Trinajstić information content (AvgIpc) is 3.36. The predicted molar refractivity (Wildman–Crippen MR) is 313 cm³/mol. The fourth-order valence-corrected chi connectivity index (χ4v) is 8.71. The zero-order valence-electron chi connectivity index (χ0n) is 46.3. The lowest BCUT2D eigenvalue weighted by atomic mass is 10.0. The van der Waals surface area contributed by atoms with Crippen molar-refractivity contribution in [2.75, 3.05) is 6.61 Å². The van der Waals surface area contributed by atoms with Gasteiger partial charge in [0, 0.05) is 6.42 Å². The highest BCUT2D eigenvalue weighted by molar-refractivity contribution is 5.76. The lowest BCUT2D eigenvalue weighted by molar-refractivity contribution is -0.123. The molecule has 0 aliphatic heterocycles. The zero-order chi connectivity index (χ0) is 50.6. The van der Waals surface area contributed by atoms with E-state index >= 15 is 0 Å². The third-order valence-corrected chi connectivity index (χ3v) is 13.2. The Morgan fingerprint density at radius 2 is 0.643 bits per heavy atom. The molecule has 2 atom stereocenters. The second-order valence-electron chi connectivity index (χ2n) is 20.0. The summed E-state index contributed by atoms with van der Waals surface area (Å²) >= 11 is 0. The van der Waals surface area contributed by atoms with Crippen LogP contribution >= 0.6 is 0 Å². The van der Waals surface area contributed by atoms with E-state index in [1.54, 1.807) is 6.08 Å². The lowest BCUT2D eigenvalue weighted by Gasteiger charge is -2.19. The van der Waals surface area contributed by atoms with Crippen molar-refractivity contribution in [3.63, 3.8) is 0 Å². The van der Waals surface area contributed by atoms with E-state index < -0.39 is 12.1 Å². The summed E-state index contributed by atoms with van der Waals surface area (Å²) in [5.41, 5.74) is 0. The van der Waals surface area contributed by atoms with Crippen LogP contribution in [0, 0.1) is 0 Å². The molecular weight excluding hydrogens is 855 g/mol. The maximum absolute atomic E-state index is 12.5. The van der Waals surface area contributed by atoms with Crippen LogP contribution in [0.1, 0.15) is 284 Å². The molecular formula is C66H115NO3. The van der Waals surface area contributed by atoms with Crippen LogP contribution in [0.25, 0.3) is 0 Å². The molecule has 0 saturated carbocycles. The van der Waals surface area contributed by atoms with Crippen LogP contribution in [0.3, 0.4) is 0 Å². The summed E-state index contributed by atoms with van der Waals surface area (Å²) < 4.78 is 0. The number of amides is 1. The number of allylic oxidation sites excluding steroid dienone is 17. The maximum atomic E-state index is 12.5. The van der Waals surface area contributed by atoms with E-state index in [1.807, 2.05) is 6.08 Å². The SMILES string of the molecule is CC/C=C\C/C=C\C/C=C\C/C=C\C/C=C\C/C=C\C/C=C\CCCCCCCCCCCCCCCCCCCCCC(=O)NC(CO)C(O)/C=C/CC/C=C/CCCCCCCCCCCCC. The Balaban J connectivity index is 3.50. The molecule has 0 heterocycles. The summed E-state index contributed by atoms with van der Waals surface area (Å²) in [5, 5.41) is 23.1. The van der Waals surface area contributed by atoms with Gasteiger partial charge in [0.25, 0.3) is 0 Å². The van der Waals surface area contributed by atoms with Crippen LogP contribution in [-0.4, -0.2) is 34.9 Å². The second kappa shape index (κ2) is 60.4. The van der Waals surface area contributed by atoms with Crippen molar-refractivity contribution >= 4 is 5.91 Å². The number of carbonyl (C=O) groups excluding carboxylic acids is 1. The molecule has 0 aliphatic rings. The van der Waals surface area contributed by atoms with Crippen molar-refractivity contribution < 1.29 is 15.0 Å². The molecule has 0 bridgehead atoms. The normalized spacial score (nSPS) is 13.6. The Hall–Kier alpha value is -2.95. The molecule has 0 fully saturated rings. The second-order valence-corrected chi connectivity index (χ2v) is 20.0. The largest absolute Gasteiger partial charge is 0.394 e. The summed E-state index contributed by atoms with van der Waals surface area (Å²) in [6, 6.07) is -0.643. The Morgan fingerprint density at radius 3 is 1.00 bits per heavy atom. The summed E-state index contributed by atoms with van der Waals surface area (Å²) in [5.74, 6) is -0.0735. The van der Waals surface area contributed by atoms with Crippen molar-refractivity contribution in [2.45, 2.75) is 296 Å². The minimum atomic E-state index is -0.866. The van der Waals surface area contributed by atoms with E-state index in [-0.39, 0.29) is 12.5 Å². The smallest absolute Gasteiger partial charge is 0.220 e. The molecule has 0 radical (unpaired) electrons. The van der Waals surface area contributed by atoms with Crippen molar-refractivity contribution in [3.05, 3.63) is 109 Å². The summed E-state index contributed by atoms with van der Waals surface area (Å²) in [7, 11) is 0. The van der Waals surface area contributed by atoms with Crippen LogP contribution in [0.5, 0.6) is 0 Å². The molecule has 0 aromatic heterocycles. The number of rotatable bonds is 54. The van der Waals surface area contributed by atoms with Gasteiger partial charge in [-0.2, -0.15) is 0 Å². The highest BCUT2D eigenvalue weighted by Crippen LogP contribution is 2.16. The lowest BCUT2D eigenvalue weighted by Crippen LogP contribution is -2.45. The van der Waals surface area contributed by atoms with E-state index in [0.717, 1.165) is 77.0 Å². The third-order valence-electron chi connectivity index (χ3n) is 13.2. The Bertz CT molecular complexity index is 1330. The van der Waals surface area contributed by atoms with Crippen LogP contribution in [0.15, 0.2) is 109 Å². The standard InChI is InChI=1S/C66H115NO3/c1-3-5-7-9-11-13-15-17-19-21-22-23-24-25-26-27-28-29-30-31-32-33-34-35-36-37-38-39-40-41-42-43-44-46-48-50-52-54-56-58-60-62-66(70)67-64(63-68)65(69)61-59-57-55-53-51-49-47-45-20-18-16-14-12-10-8-6-4-2/h5,7,11,13,17,19,22-23,25-26,28-29,31-32,51,53,59,61,64-65,68-69H,3-4,6,8-10,12,14-16,18,20-21,24,27,30,33-50,52,54-58,60,62-63H2,1-2H3,(H,67,70)/b7-5-,13-11-,19-17-,23-22-,26-25-,29-28-,32-31-,53-51+,61-59+. The number of hydrogen-bond acceptors (Lipinski definition) is 3. The Labute approximate surface area is 436 Å². The fourth-order valence-electron chi connectivity index (χ4n) is 8.71. The van der Waals surface area contributed by atoms with E-state index in [1.165, 1.54) is 186 Å². The molecule has 1 amide bonds. The topological polar surface area (TPSA) is 69.6 Å². The van der Waals surface area contributed by atoms with Crippen molar-refractivity contribution in [1.29, 1.82) is 0 Å². The number of hydrogen-bond donors (Lipinski definition) is 3. The molecule has 0 aliphatic carbocycles. The first-order chi connectivity index (χ1) is 34.7. The van der Waals surface area contributed by atoms with E-state index in [2.05, 4.69) is 116 Å². The van der Waals surface area contributed by atoms with Crippen LogP contribution < -0.4 is 5.32 Å². The molecule has 0 spiro atoms. The molecule has 0 aromatic carbocycles. The molecule has 402 valence electrons. The van der Waals surface area contributed by atoms with Crippen molar-refractivity contribution in [1.82, 2.24) is 5.32 Å². The number of nitrogens with one attached hydrogen (secondary N) is 1. The van der Waals surface area contributed by atoms with Gasteiger partial charge in [-0.1, -0.05) is 297 Å². The van der Waals surface area contributed by atoms with E-state index in [0.29, 0.717) is 6.42 Å². The number of aliphatic hydroxyl groups excluding tert-OH is 2. The molecule has 0 rings (SSSR count). The number of unbranched alkanes of at least 4 members (excludes halogenated alkanes) is 31. The average molecular weight is 971 g/mol. The van der Waals surface area contributed by atoms with Gasteiger partial charge in [-0.15, -0.1) is 0 Å². The van der Waals surface area contributed by atoms with Gasteiger partial charge in [-0.05, 0) is 89.9 Å². The zero-order valence-corrected chi connectivity index (χ0v) is 46.3. The molecule has 3 N–H and O–H groups in total. The van der Waals surface area contributed by atoms with Gasteiger partial charge in [-0.3, -0.25) is 4.79 Å². The first-order valence-electron chi connectivity index (χ1n) is 30.1. The van der Waals surface area contributed by atoms with Gasteiger partial charge in [-0.25, -0.2) is 0 Å². The van der Waals surface area contributed by atoms with Crippen LogP contribution in [0.2, 0.25) is 0 Å². The van der Waals surface area contributed by atoms with Crippen LogP contribution in [-0.2, 0) is 4.79 Å². The quantitative estimate of drug-likeness (QED) is 0.0420. The third kappa shape index (κ3) is 56.0. The minimum Gasteiger partial charge on any atom is -0.394 e. The van der Waals surface area contributed by atoms with Gasteiger partial charge in [0.15, 0.2) is 0 Å². The number of aliphatic hydroxyl groups is 2. The van der Waals surface area contributed by atoms with Crippen molar-refractivity contribution in [2.24, 2.45) is 0 Å². The minimum absolute atomic E-state index is 0.0735. The van der Waals surface area contributed by atoms with Gasteiger partial charge in [0.1, 0.15) is 0 Å². The Kier molecular flexibility index (Phi) is 57.8. The molecule has 2 unspecified atom stereocenters. The van der Waals surface area contributed by atoms with Gasteiger partial charge < -0.3 is 15.5 Å². The first-order valence-corrected chi connectivity index (χ1v) is 30.1. The number of carbonyl (C=O) groups is 1. The molecule has 70 heavy (non-hydrogen) atoms. The molecule has 4 heteroatoms. The first kappa shape index (κ1) is 67.0. The fraction of sp³-hybridized carbons (Fsp3) is 0.712. The molecule has 0 aromatic rings. The van der Waals surface area contributed by atoms with Crippen molar-refractivity contribution in [3.8, 4) is 0 Å². The van der Waals surface area contributed by atoms with Crippen LogP contribution in [0.4, 0.5) is 0 Å². The predicted octanol–water partition coefficient (Wildman–Crippen LogP) is 20.3.